The van der Waals surface area contributed by atoms with Crippen LogP contribution in [0.4, 0.5) is 0 Å². The molecule has 0 unspecified atom stereocenters. The smallest absolute Gasteiger partial charge is 0.253 e. The highest BCUT2D eigenvalue weighted by atomic mass is 79.9. The Morgan fingerprint density at radius 1 is 1.44 bits per heavy atom. The third-order valence-corrected chi connectivity index (χ3v) is 3.50. The Labute approximate surface area is 104 Å². The lowest BCUT2D eigenvalue weighted by molar-refractivity contribution is 0.0789. The highest BCUT2D eigenvalue weighted by Crippen LogP contribution is 2.15. The Morgan fingerprint density at radius 2 is 2.12 bits per heavy atom. The molecule has 0 saturated carbocycles. The van der Waals surface area contributed by atoms with Gasteiger partial charge in [-0.1, -0.05) is 15.9 Å². The highest BCUT2D eigenvalue weighted by Gasteiger charge is 2.25. The van der Waals surface area contributed by atoms with E-state index in [0.29, 0.717) is 6.04 Å². The summed E-state index contributed by atoms with van der Waals surface area (Å²) in [5.41, 5.74) is 0.764. The molecule has 1 heterocycles. The number of carbonyl (C=O) groups excluding carboxylic acids is 1. The standard InChI is InChI=1S/C12H15BrN2O/c1-14-11-6-7-15(8-11)12(16)9-2-4-10(13)5-3-9/h2-5,11,14H,6-8H2,1H3/t11-/m0/s1. The number of carbonyl (C=O) groups is 1. The predicted molar refractivity (Wildman–Crippen MR) is 67.5 cm³/mol. The van der Waals surface area contributed by atoms with E-state index in [0.717, 1.165) is 29.5 Å². The van der Waals surface area contributed by atoms with Crippen molar-refractivity contribution in [1.29, 1.82) is 0 Å². The van der Waals surface area contributed by atoms with Crippen LogP contribution in [0.15, 0.2) is 28.7 Å². The number of rotatable bonds is 2. The van der Waals surface area contributed by atoms with E-state index < -0.39 is 0 Å². The number of nitrogens with one attached hydrogen (secondary N) is 1. The van der Waals surface area contributed by atoms with E-state index in [9.17, 15) is 4.79 Å². The summed E-state index contributed by atoms with van der Waals surface area (Å²) in [6, 6.07) is 7.97. The Kier molecular flexibility index (Phi) is 3.61. The van der Waals surface area contributed by atoms with Crippen LogP contribution in [0.5, 0.6) is 0 Å². The van der Waals surface area contributed by atoms with Crippen molar-refractivity contribution in [2.45, 2.75) is 12.5 Å². The number of benzene rings is 1. The van der Waals surface area contributed by atoms with Gasteiger partial charge in [0.1, 0.15) is 0 Å². The maximum absolute atomic E-state index is 12.1. The lowest BCUT2D eigenvalue weighted by Gasteiger charge is -2.16. The first-order valence-electron chi connectivity index (χ1n) is 5.43. The monoisotopic (exact) mass is 282 g/mol. The highest BCUT2D eigenvalue weighted by molar-refractivity contribution is 9.10. The number of likely N-dealkylation sites (tertiary alicyclic amines) is 1. The second kappa shape index (κ2) is 4.97. The van der Waals surface area contributed by atoms with E-state index in [1.165, 1.54) is 0 Å². The van der Waals surface area contributed by atoms with Gasteiger partial charge >= 0.3 is 0 Å². The largest absolute Gasteiger partial charge is 0.337 e. The molecule has 1 atom stereocenters. The van der Waals surface area contributed by atoms with Gasteiger partial charge in [-0.3, -0.25) is 4.79 Å². The van der Waals surface area contributed by atoms with Gasteiger partial charge in [0.05, 0.1) is 0 Å². The van der Waals surface area contributed by atoms with Crippen LogP contribution >= 0.6 is 15.9 Å². The minimum absolute atomic E-state index is 0.130. The van der Waals surface area contributed by atoms with Crippen LogP contribution in [0.3, 0.4) is 0 Å². The van der Waals surface area contributed by atoms with Crippen LogP contribution in [0.2, 0.25) is 0 Å². The molecule has 1 aromatic rings. The molecule has 1 N–H and O–H groups in total. The summed E-state index contributed by atoms with van der Waals surface area (Å²) in [6.45, 7) is 1.66. The molecule has 16 heavy (non-hydrogen) atoms. The van der Waals surface area contributed by atoms with Crippen LogP contribution in [-0.2, 0) is 0 Å². The zero-order chi connectivity index (χ0) is 11.5. The van der Waals surface area contributed by atoms with Gasteiger partial charge in [-0.15, -0.1) is 0 Å². The number of likely N-dealkylation sites (N-methyl/N-ethyl adjacent to an activating group) is 1. The van der Waals surface area contributed by atoms with E-state index in [4.69, 9.17) is 0 Å². The minimum atomic E-state index is 0.130. The van der Waals surface area contributed by atoms with Gasteiger partial charge in [0.15, 0.2) is 0 Å². The van der Waals surface area contributed by atoms with Crippen molar-refractivity contribution in [3.8, 4) is 0 Å². The third kappa shape index (κ3) is 2.44. The van der Waals surface area contributed by atoms with Crippen LogP contribution in [0.25, 0.3) is 0 Å². The number of nitrogens with zero attached hydrogens (tertiary/aromatic N) is 1. The first-order valence-corrected chi connectivity index (χ1v) is 6.22. The molecule has 2 rings (SSSR count). The van der Waals surface area contributed by atoms with E-state index in [1.54, 1.807) is 0 Å². The summed E-state index contributed by atoms with van der Waals surface area (Å²) in [6.07, 6.45) is 1.04. The normalized spacial score (nSPS) is 20.1. The van der Waals surface area contributed by atoms with Crippen molar-refractivity contribution >= 4 is 21.8 Å². The minimum Gasteiger partial charge on any atom is -0.337 e. The summed E-state index contributed by atoms with van der Waals surface area (Å²) < 4.78 is 0.999. The molecular weight excluding hydrogens is 268 g/mol. The average Bonchev–Trinajstić information content (AvgIpc) is 2.77. The molecule has 1 fully saturated rings. The molecule has 0 radical (unpaired) electrons. The molecule has 1 aliphatic heterocycles. The number of hydrogen-bond acceptors (Lipinski definition) is 2. The van der Waals surface area contributed by atoms with E-state index in [2.05, 4.69) is 21.2 Å². The molecule has 1 aromatic carbocycles. The second-order valence-electron chi connectivity index (χ2n) is 4.03. The van der Waals surface area contributed by atoms with E-state index in [-0.39, 0.29) is 5.91 Å². The molecule has 3 nitrogen and oxygen atoms in total. The third-order valence-electron chi connectivity index (χ3n) is 2.97. The molecule has 4 heteroatoms. The quantitative estimate of drug-likeness (QED) is 0.899. The fourth-order valence-electron chi connectivity index (χ4n) is 1.96. The second-order valence-corrected chi connectivity index (χ2v) is 4.95. The molecule has 0 bridgehead atoms. The number of halogens is 1. The Balaban J connectivity index is 2.05. The van der Waals surface area contributed by atoms with Gasteiger partial charge in [0.2, 0.25) is 0 Å². The maximum Gasteiger partial charge on any atom is 0.253 e. The van der Waals surface area contributed by atoms with Gasteiger partial charge in [-0.2, -0.15) is 0 Å². The van der Waals surface area contributed by atoms with Crippen LogP contribution in [0, 0.1) is 0 Å². The predicted octanol–water partition coefficient (Wildman–Crippen LogP) is 1.88. The molecule has 1 saturated heterocycles. The molecular formula is C12H15BrN2O. The van der Waals surface area contributed by atoms with Gasteiger partial charge in [-0.05, 0) is 37.7 Å². The lowest BCUT2D eigenvalue weighted by Crippen LogP contribution is -2.33. The summed E-state index contributed by atoms with van der Waals surface area (Å²) in [5, 5.41) is 3.21. The topological polar surface area (TPSA) is 32.3 Å². The Morgan fingerprint density at radius 3 is 2.69 bits per heavy atom. The average molecular weight is 283 g/mol. The van der Waals surface area contributed by atoms with Crippen molar-refractivity contribution in [2.24, 2.45) is 0 Å². The van der Waals surface area contributed by atoms with Gasteiger partial charge in [0, 0.05) is 29.2 Å². The fourth-order valence-corrected chi connectivity index (χ4v) is 2.22. The lowest BCUT2D eigenvalue weighted by atomic mass is 10.2. The molecule has 0 aliphatic carbocycles. The van der Waals surface area contributed by atoms with Crippen LogP contribution < -0.4 is 5.32 Å². The fraction of sp³-hybridized carbons (Fsp3) is 0.417. The summed E-state index contributed by atoms with van der Waals surface area (Å²) >= 11 is 3.36. The van der Waals surface area contributed by atoms with Crippen molar-refractivity contribution in [1.82, 2.24) is 10.2 Å². The van der Waals surface area contributed by atoms with Crippen LogP contribution in [-0.4, -0.2) is 37.0 Å². The number of amides is 1. The van der Waals surface area contributed by atoms with E-state index in [1.807, 2.05) is 36.2 Å². The molecule has 0 spiro atoms. The van der Waals surface area contributed by atoms with E-state index >= 15 is 0 Å². The summed E-state index contributed by atoms with van der Waals surface area (Å²) in [4.78, 5) is 14.0. The molecule has 0 aromatic heterocycles. The Hall–Kier alpha value is -0.870. The number of hydrogen-bond donors (Lipinski definition) is 1. The van der Waals surface area contributed by atoms with Crippen molar-refractivity contribution in [2.75, 3.05) is 20.1 Å². The van der Waals surface area contributed by atoms with Crippen molar-refractivity contribution in [3.05, 3.63) is 34.3 Å². The first kappa shape index (κ1) is 11.6. The molecule has 1 amide bonds. The summed E-state index contributed by atoms with van der Waals surface area (Å²) in [5.74, 6) is 0.130. The van der Waals surface area contributed by atoms with Crippen molar-refractivity contribution in [3.63, 3.8) is 0 Å². The summed E-state index contributed by atoms with van der Waals surface area (Å²) in [7, 11) is 1.94. The van der Waals surface area contributed by atoms with Gasteiger partial charge < -0.3 is 10.2 Å². The molecule has 86 valence electrons. The Bertz CT molecular complexity index is 377. The van der Waals surface area contributed by atoms with Gasteiger partial charge in [0.25, 0.3) is 5.91 Å². The zero-order valence-corrected chi connectivity index (χ0v) is 10.8. The zero-order valence-electron chi connectivity index (χ0n) is 9.24. The molecule has 1 aliphatic rings. The van der Waals surface area contributed by atoms with Crippen molar-refractivity contribution < 1.29 is 4.79 Å². The maximum atomic E-state index is 12.1. The van der Waals surface area contributed by atoms with Gasteiger partial charge in [-0.25, -0.2) is 0 Å². The van der Waals surface area contributed by atoms with Crippen LogP contribution in [0.1, 0.15) is 16.8 Å². The first-order chi connectivity index (χ1) is 7.70. The SMILES string of the molecule is CN[C@H]1CCN(C(=O)c2ccc(Br)cc2)C1.